The molecule has 0 aliphatic heterocycles. The molecular formula is C23H21Cl2F3N8O3. The van der Waals surface area contributed by atoms with Gasteiger partial charge in [0.1, 0.15) is 6.54 Å². The number of pyridine rings is 1. The monoisotopic (exact) mass is 584 g/mol. The van der Waals surface area contributed by atoms with Crippen LogP contribution < -0.4 is 11.0 Å². The van der Waals surface area contributed by atoms with Crippen molar-refractivity contribution in [2.24, 2.45) is 0 Å². The highest BCUT2D eigenvalue weighted by atomic mass is 35.5. The van der Waals surface area contributed by atoms with Crippen LogP contribution in [0.2, 0.25) is 10.0 Å². The topological polar surface area (TPSA) is 133 Å². The smallest absolute Gasteiger partial charge is 0.382 e. The fraction of sp³-hybridized carbons (Fsp3) is 0.304. The van der Waals surface area contributed by atoms with E-state index in [1.165, 1.54) is 42.1 Å². The molecule has 206 valence electrons. The Morgan fingerprint density at radius 2 is 1.85 bits per heavy atom. The molecular weight excluding hydrogens is 564 g/mol. The Bertz CT molecular complexity index is 1550. The van der Waals surface area contributed by atoms with Crippen molar-refractivity contribution in [1.29, 1.82) is 0 Å². The molecule has 2 N–H and O–H groups in total. The lowest BCUT2D eigenvalue weighted by Crippen LogP contribution is -2.37. The first-order chi connectivity index (χ1) is 18.3. The first-order valence-corrected chi connectivity index (χ1v) is 12.1. The number of rotatable bonds is 8. The summed E-state index contributed by atoms with van der Waals surface area (Å²) in [4.78, 5) is 33.5. The zero-order chi connectivity index (χ0) is 28.5. The Hall–Kier alpha value is -3.75. The number of amides is 1. The van der Waals surface area contributed by atoms with E-state index >= 15 is 0 Å². The third-order valence-corrected chi connectivity index (χ3v) is 6.02. The van der Waals surface area contributed by atoms with Crippen molar-refractivity contribution in [2.45, 2.75) is 45.3 Å². The number of nitrogens with one attached hydrogen (secondary N) is 1. The molecule has 0 saturated heterocycles. The van der Waals surface area contributed by atoms with Crippen molar-refractivity contribution in [3.8, 4) is 17.2 Å². The van der Waals surface area contributed by atoms with Gasteiger partial charge in [-0.15, -0.1) is 10.2 Å². The van der Waals surface area contributed by atoms with Crippen LogP contribution in [0.1, 0.15) is 31.5 Å². The number of carbonyl (C=O) groups excluding carboxylic acids is 1. The maximum absolute atomic E-state index is 13.2. The van der Waals surface area contributed by atoms with Crippen LogP contribution in [0.3, 0.4) is 0 Å². The number of hydrogen-bond acceptors (Lipinski definition) is 7. The summed E-state index contributed by atoms with van der Waals surface area (Å²) in [6.07, 6.45) is -6.30. The third-order valence-electron chi connectivity index (χ3n) is 5.47. The van der Waals surface area contributed by atoms with Crippen molar-refractivity contribution in [3.05, 3.63) is 74.8 Å². The zero-order valence-corrected chi connectivity index (χ0v) is 21.9. The fourth-order valence-corrected chi connectivity index (χ4v) is 4.03. The molecule has 2 atom stereocenters. The Labute approximate surface area is 228 Å². The van der Waals surface area contributed by atoms with E-state index in [-0.39, 0.29) is 40.8 Å². The van der Waals surface area contributed by atoms with E-state index in [0.29, 0.717) is 10.6 Å². The lowest BCUT2D eigenvalue weighted by atomic mass is 10.2. The average Bonchev–Trinajstić information content (AvgIpc) is 3.41. The number of carbonyl (C=O) groups is 1. The van der Waals surface area contributed by atoms with Crippen LogP contribution in [0.5, 0.6) is 0 Å². The molecule has 3 heterocycles. The number of aliphatic hydroxyl groups excluding tert-OH is 1. The van der Waals surface area contributed by atoms with Gasteiger partial charge in [-0.2, -0.15) is 17.9 Å². The van der Waals surface area contributed by atoms with Crippen LogP contribution in [0.4, 0.5) is 13.2 Å². The normalized spacial score (nSPS) is 13.3. The minimum absolute atomic E-state index is 0.0368. The van der Waals surface area contributed by atoms with Crippen molar-refractivity contribution < 1.29 is 23.1 Å². The van der Waals surface area contributed by atoms with Crippen LogP contribution >= 0.6 is 23.2 Å². The number of hydrogen-bond donors (Lipinski definition) is 2. The molecule has 1 unspecified atom stereocenters. The third kappa shape index (κ3) is 6.29. The summed E-state index contributed by atoms with van der Waals surface area (Å²) in [7, 11) is 0. The van der Waals surface area contributed by atoms with Crippen LogP contribution in [0.15, 0.2) is 47.4 Å². The number of nitrogens with zero attached hydrogens (tertiary/aromatic N) is 7. The van der Waals surface area contributed by atoms with Gasteiger partial charge in [-0.25, -0.2) is 19.4 Å². The summed E-state index contributed by atoms with van der Waals surface area (Å²) in [6.45, 7) is 1.54. The lowest BCUT2D eigenvalue weighted by Gasteiger charge is -2.15. The SMILES string of the molecule is CC(=O)NC(C)c1nc(Cn2nc(-c3ccc(Cl)cc3)n(C[C@H](O)C(F)(F)F)c2=O)nn1-c1ncccc1Cl. The van der Waals surface area contributed by atoms with Crippen molar-refractivity contribution >= 4 is 29.1 Å². The quantitative estimate of drug-likeness (QED) is 0.325. The Morgan fingerprint density at radius 1 is 1.15 bits per heavy atom. The number of aliphatic hydroxyl groups is 1. The molecule has 4 aromatic rings. The highest BCUT2D eigenvalue weighted by Gasteiger charge is 2.39. The maximum Gasteiger partial charge on any atom is 0.416 e. The van der Waals surface area contributed by atoms with Crippen molar-refractivity contribution in [1.82, 2.24) is 39.4 Å². The standard InChI is InChI=1S/C23H21Cl2F3N8O3/c1-12(30-13(2)37)19-31-18(32-36(19)21-16(25)4-3-9-29-21)11-35-22(39)34(10-17(38)23(26,27)28)20(33-35)14-5-7-15(24)8-6-14/h3-9,12,17,38H,10-11H2,1-2H3,(H,30,37)/t12?,17-/m0/s1. The molecule has 0 fully saturated rings. The molecule has 0 aliphatic rings. The second-order valence-corrected chi connectivity index (χ2v) is 9.31. The molecule has 11 nitrogen and oxygen atoms in total. The second-order valence-electron chi connectivity index (χ2n) is 8.47. The predicted molar refractivity (Wildman–Crippen MR) is 134 cm³/mol. The summed E-state index contributed by atoms with van der Waals surface area (Å²) in [5.74, 6) is 0.0158. The zero-order valence-electron chi connectivity index (χ0n) is 20.4. The number of benzene rings is 1. The Balaban J connectivity index is 1.79. The van der Waals surface area contributed by atoms with Crippen LogP contribution in [-0.4, -0.2) is 57.4 Å². The summed E-state index contributed by atoms with van der Waals surface area (Å²) in [5.41, 5.74) is -0.643. The summed E-state index contributed by atoms with van der Waals surface area (Å²) >= 11 is 12.2. The van der Waals surface area contributed by atoms with Gasteiger partial charge in [-0.1, -0.05) is 23.2 Å². The van der Waals surface area contributed by atoms with Gasteiger partial charge in [0.05, 0.1) is 17.6 Å². The Morgan fingerprint density at radius 3 is 2.46 bits per heavy atom. The molecule has 16 heteroatoms. The molecule has 4 rings (SSSR count). The van der Waals surface area contributed by atoms with E-state index in [4.69, 9.17) is 23.2 Å². The van der Waals surface area contributed by atoms with Gasteiger partial charge in [-0.3, -0.25) is 9.36 Å². The lowest BCUT2D eigenvalue weighted by molar-refractivity contribution is -0.207. The summed E-state index contributed by atoms with van der Waals surface area (Å²) in [5, 5.41) is 21.6. The molecule has 0 bridgehead atoms. The first kappa shape index (κ1) is 28.3. The maximum atomic E-state index is 13.2. The number of alkyl halides is 3. The van der Waals surface area contributed by atoms with Crippen LogP contribution in [0.25, 0.3) is 17.2 Å². The second kappa shape index (κ2) is 11.2. The van der Waals surface area contributed by atoms with Gasteiger partial charge in [0, 0.05) is 23.7 Å². The molecule has 0 aliphatic carbocycles. The largest absolute Gasteiger partial charge is 0.416 e. The van der Waals surface area contributed by atoms with E-state index in [1.54, 1.807) is 19.1 Å². The first-order valence-electron chi connectivity index (χ1n) is 11.4. The molecule has 0 saturated carbocycles. The predicted octanol–water partition coefficient (Wildman–Crippen LogP) is 3.16. The number of aromatic nitrogens is 7. The van der Waals surface area contributed by atoms with E-state index in [2.05, 4.69) is 25.5 Å². The van der Waals surface area contributed by atoms with Crippen LogP contribution in [-0.2, 0) is 17.9 Å². The van der Waals surface area contributed by atoms with Gasteiger partial charge >= 0.3 is 11.9 Å². The highest BCUT2D eigenvalue weighted by Crippen LogP contribution is 2.25. The van der Waals surface area contributed by atoms with E-state index in [0.717, 1.165) is 9.25 Å². The van der Waals surface area contributed by atoms with Gasteiger partial charge in [0.2, 0.25) is 5.91 Å². The highest BCUT2D eigenvalue weighted by molar-refractivity contribution is 6.32. The van der Waals surface area contributed by atoms with Gasteiger partial charge < -0.3 is 10.4 Å². The molecule has 0 radical (unpaired) electrons. The van der Waals surface area contributed by atoms with Crippen LogP contribution in [0, 0.1) is 0 Å². The van der Waals surface area contributed by atoms with Gasteiger partial charge in [0.25, 0.3) is 0 Å². The average molecular weight is 585 g/mol. The minimum atomic E-state index is -4.96. The van der Waals surface area contributed by atoms with E-state index < -0.39 is 30.6 Å². The molecule has 1 amide bonds. The molecule has 1 aromatic carbocycles. The van der Waals surface area contributed by atoms with Gasteiger partial charge in [-0.05, 0) is 43.3 Å². The fourth-order valence-electron chi connectivity index (χ4n) is 3.71. The summed E-state index contributed by atoms with van der Waals surface area (Å²) in [6, 6.07) is 8.47. The minimum Gasteiger partial charge on any atom is -0.382 e. The Kier molecular flexibility index (Phi) is 8.09. The van der Waals surface area contributed by atoms with E-state index in [1.807, 2.05) is 0 Å². The van der Waals surface area contributed by atoms with Crippen molar-refractivity contribution in [2.75, 3.05) is 0 Å². The summed E-state index contributed by atoms with van der Waals surface area (Å²) < 4.78 is 42.3. The molecule has 39 heavy (non-hydrogen) atoms. The van der Waals surface area contributed by atoms with Gasteiger partial charge in [0.15, 0.2) is 29.4 Å². The molecule has 3 aromatic heterocycles. The number of halogens is 5. The molecule has 0 spiro atoms. The van der Waals surface area contributed by atoms with E-state index in [9.17, 15) is 27.9 Å². The van der Waals surface area contributed by atoms with Crippen molar-refractivity contribution in [3.63, 3.8) is 0 Å².